The number of aromatic nitrogens is 3. The average molecular weight is 491 g/mol. The Bertz CT molecular complexity index is 1410. The maximum absolute atomic E-state index is 14.6. The van der Waals surface area contributed by atoms with E-state index in [9.17, 15) is 9.18 Å². The number of amides is 2. The van der Waals surface area contributed by atoms with Gasteiger partial charge in [-0.25, -0.2) is 19.2 Å². The molecule has 0 bridgehead atoms. The van der Waals surface area contributed by atoms with Gasteiger partial charge in [0.2, 0.25) is 0 Å². The lowest BCUT2D eigenvalue weighted by molar-refractivity contribution is 0.252. The lowest BCUT2D eigenvalue weighted by Gasteiger charge is -2.17. The highest BCUT2D eigenvalue weighted by atomic mass is 35.5. The molecule has 0 saturated carbocycles. The number of hydrogen-bond acceptors (Lipinski definition) is 5. The first-order valence-corrected chi connectivity index (χ1v) is 11.8. The summed E-state index contributed by atoms with van der Waals surface area (Å²) in [6.45, 7) is 5.40. The van der Waals surface area contributed by atoms with Crippen molar-refractivity contribution < 1.29 is 9.18 Å². The van der Waals surface area contributed by atoms with Crippen LogP contribution < -0.4 is 15.5 Å². The summed E-state index contributed by atoms with van der Waals surface area (Å²) in [5, 5.41) is 7.27. The Labute approximate surface area is 207 Å². The number of carbonyl (C=O) groups excluding carboxylic acids is 1. The zero-order valence-electron chi connectivity index (χ0n) is 19.3. The SMILES string of the molecule is CC(C)c1ncc(-c2ccc3ncc(Cl)c(NCc4cc(N5CCNC5=O)ccc4F)c3c2)cn1. The van der Waals surface area contributed by atoms with Crippen LogP contribution in [0.15, 0.2) is 55.0 Å². The highest BCUT2D eigenvalue weighted by molar-refractivity contribution is 6.34. The molecule has 1 aliphatic rings. The number of rotatable bonds is 6. The zero-order valence-corrected chi connectivity index (χ0v) is 20.1. The second-order valence-corrected chi connectivity index (χ2v) is 9.12. The van der Waals surface area contributed by atoms with Gasteiger partial charge in [-0.3, -0.25) is 9.88 Å². The van der Waals surface area contributed by atoms with Crippen molar-refractivity contribution in [2.75, 3.05) is 23.3 Å². The van der Waals surface area contributed by atoms with Gasteiger partial charge in [0.1, 0.15) is 11.6 Å². The topological polar surface area (TPSA) is 83.0 Å². The number of benzene rings is 2. The van der Waals surface area contributed by atoms with E-state index in [0.717, 1.165) is 27.9 Å². The number of anilines is 2. The van der Waals surface area contributed by atoms with E-state index in [1.54, 1.807) is 23.2 Å². The molecule has 4 aromatic rings. The number of nitrogens with zero attached hydrogens (tertiary/aromatic N) is 4. The number of carbonyl (C=O) groups is 1. The standard InChI is InChI=1S/C26H24ClFN6O/c1-15(2)25-32-12-18(13-33-25)16-3-6-23-20(10-16)24(21(27)14-30-23)31-11-17-9-19(4-5-22(17)28)34-8-7-29-26(34)35/h3-6,9-10,12-15H,7-8,11H2,1-2H3,(H,29,35)(H,30,31). The van der Waals surface area contributed by atoms with Crippen molar-refractivity contribution in [1.82, 2.24) is 20.3 Å². The van der Waals surface area contributed by atoms with Crippen molar-refractivity contribution in [2.45, 2.75) is 26.3 Å². The Morgan fingerprint density at radius 2 is 1.89 bits per heavy atom. The predicted molar refractivity (Wildman–Crippen MR) is 136 cm³/mol. The van der Waals surface area contributed by atoms with Gasteiger partial charge in [-0.15, -0.1) is 0 Å². The summed E-state index contributed by atoms with van der Waals surface area (Å²) in [5.74, 6) is 0.675. The van der Waals surface area contributed by atoms with E-state index in [0.29, 0.717) is 35.1 Å². The van der Waals surface area contributed by atoms with Crippen LogP contribution in [-0.4, -0.2) is 34.1 Å². The minimum atomic E-state index is -0.363. The summed E-state index contributed by atoms with van der Waals surface area (Å²) in [4.78, 5) is 27.0. The van der Waals surface area contributed by atoms with Crippen LogP contribution in [0.1, 0.15) is 31.2 Å². The molecule has 1 fully saturated rings. The fourth-order valence-electron chi connectivity index (χ4n) is 4.08. The third-order valence-electron chi connectivity index (χ3n) is 6.00. The molecule has 2 aromatic carbocycles. The van der Waals surface area contributed by atoms with Gasteiger partial charge in [-0.1, -0.05) is 31.5 Å². The van der Waals surface area contributed by atoms with E-state index < -0.39 is 0 Å². The molecule has 1 aliphatic heterocycles. The van der Waals surface area contributed by atoms with Gasteiger partial charge < -0.3 is 10.6 Å². The second kappa shape index (κ2) is 9.46. The average Bonchev–Trinajstić information content (AvgIpc) is 3.30. The quantitative estimate of drug-likeness (QED) is 0.359. The van der Waals surface area contributed by atoms with Gasteiger partial charge in [0.25, 0.3) is 0 Å². The number of fused-ring (bicyclic) bond motifs is 1. The molecule has 0 atom stereocenters. The maximum atomic E-state index is 14.6. The molecule has 0 spiro atoms. The first-order chi connectivity index (χ1) is 16.9. The molecule has 1 saturated heterocycles. The minimum Gasteiger partial charge on any atom is -0.379 e. The van der Waals surface area contributed by atoms with Crippen molar-refractivity contribution in [3.05, 3.63) is 77.2 Å². The van der Waals surface area contributed by atoms with Gasteiger partial charge >= 0.3 is 6.03 Å². The second-order valence-electron chi connectivity index (χ2n) is 8.71. The van der Waals surface area contributed by atoms with Crippen LogP contribution in [0.5, 0.6) is 0 Å². The molecule has 2 amide bonds. The van der Waals surface area contributed by atoms with Gasteiger partial charge in [-0.05, 0) is 35.9 Å². The summed E-state index contributed by atoms with van der Waals surface area (Å²) in [7, 11) is 0. The Morgan fingerprint density at radius 1 is 1.09 bits per heavy atom. The fourth-order valence-corrected chi connectivity index (χ4v) is 4.30. The third-order valence-corrected chi connectivity index (χ3v) is 6.28. The monoisotopic (exact) mass is 490 g/mol. The molecular weight excluding hydrogens is 467 g/mol. The van der Waals surface area contributed by atoms with E-state index in [1.807, 2.05) is 30.6 Å². The summed E-state index contributed by atoms with van der Waals surface area (Å²) >= 11 is 6.51. The molecule has 0 unspecified atom stereocenters. The molecule has 9 heteroatoms. The smallest absolute Gasteiger partial charge is 0.321 e. The van der Waals surface area contributed by atoms with Crippen molar-refractivity contribution in [1.29, 1.82) is 0 Å². The maximum Gasteiger partial charge on any atom is 0.321 e. The van der Waals surface area contributed by atoms with Crippen LogP contribution >= 0.6 is 11.6 Å². The summed E-state index contributed by atoms with van der Waals surface area (Å²) in [6, 6.07) is 10.3. The summed E-state index contributed by atoms with van der Waals surface area (Å²) in [5.41, 5.74) is 4.29. The van der Waals surface area contributed by atoms with Crippen LogP contribution in [0.4, 0.5) is 20.6 Å². The summed E-state index contributed by atoms with van der Waals surface area (Å²) in [6.07, 6.45) is 5.20. The molecule has 0 radical (unpaired) electrons. The van der Waals surface area contributed by atoms with Crippen LogP contribution in [-0.2, 0) is 6.54 Å². The van der Waals surface area contributed by atoms with Crippen molar-refractivity contribution in [3.63, 3.8) is 0 Å². The number of halogens is 2. The van der Waals surface area contributed by atoms with Crippen LogP contribution in [0.25, 0.3) is 22.0 Å². The van der Waals surface area contributed by atoms with Crippen LogP contribution in [0.3, 0.4) is 0 Å². The third kappa shape index (κ3) is 4.61. The largest absolute Gasteiger partial charge is 0.379 e. The molecule has 178 valence electrons. The van der Waals surface area contributed by atoms with Gasteiger partial charge in [0.15, 0.2) is 0 Å². The molecule has 3 heterocycles. The summed E-state index contributed by atoms with van der Waals surface area (Å²) < 4.78 is 14.6. The first kappa shape index (κ1) is 23.0. The van der Waals surface area contributed by atoms with E-state index in [-0.39, 0.29) is 24.3 Å². The first-order valence-electron chi connectivity index (χ1n) is 11.4. The lowest BCUT2D eigenvalue weighted by Crippen LogP contribution is -2.27. The fraction of sp³-hybridized carbons (Fsp3) is 0.231. The van der Waals surface area contributed by atoms with Gasteiger partial charge in [-0.2, -0.15) is 0 Å². The van der Waals surface area contributed by atoms with E-state index in [1.165, 1.54) is 6.07 Å². The Balaban J connectivity index is 1.46. The van der Waals surface area contributed by atoms with Gasteiger partial charge in [0.05, 0.1) is 16.2 Å². The number of hydrogen-bond donors (Lipinski definition) is 2. The molecule has 35 heavy (non-hydrogen) atoms. The van der Waals surface area contributed by atoms with Crippen LogP contribution in [0.2, 0.25) is 5.02 Å². The minimum absolute atomic E-state index is 0.184. The van der Waals surface area contributed by atoms with E-state index in [2.05, 4.69) is 39.4 Å². The van der Waals surface area contributed by atoms with E-state index >= 15 is 0 Å². The Morgan fingerprint density at radius 3 is 2.60 bits per heavy atom. The van der Waals surface area contributed by atoms with E-state index in [4.69, 9.17) is 11.6 Å². The van der Waals surface area contributed by atoms with Crippen LogP contribution in [0, 0.1) is 5.82 Å². The predicted octanol–water partition coefficient (Wildman–Crippen LogP) is 5.75. The molecule has 0 aliphatic carbocycles. The van der Waals surface area contributed by atoms with Crippen molar-refractivity contribution in [3.8, 4) is 11.1 Å². The number of pyridine rings is 1. The Hall–Kier alpha value is -3.78. The molecule has 2 N–H and O–H groups in total. The zero-order chi connectivity index (χ0) is 24.5. The Kier molecular flexibility index (Phi) is 6.21. The number of urea groups is 1. The van der Waals surface area contributed by atoms with Crippen molar-refractivity contribution >= 4 is 39.9 Å². The lowest BCUT2D eigenvalue weighted by atomic mass is 10.0. The molecule has 7 nitrogen and oxygen atoms in total. The van der Waals surface area contributed by atoms with Gasteiger partial charge in [0, 0.05) is 66.3 Å². The highest BCUT2D eigenvalue weighted by Crippen LogP contribution is 2.33. The molecular formula is C26H24ClFN6O. The highest BCUT2D eigenvalue weighted by Gasteiger charge is 2.22. The normalized spacial score (nSPS) is 13.5. The molecule has 2 aromatic heterocycles. The molecule has 5 rings (SSSR count). The number of nitrogens with one attached hydrogen (secondary N) is 2. The van der Waals surface area contributed by atoms with Crippen molar-refractivity contribution in [2.24, 2.45) is 0 Å².